The second kappa shape index (κ2) is 33.1. The first-order valence-electron chi connectivity index (χ1n) is 23.7. The monoisotopic (exact) mass is 736 g/mol. The van der Waals surface area contributed by atoms with Crippen LogP contribution in [0.5, 0.6) is 0 Å². The largest absolute Gasteiger partial charge is 0.347 e. The summed E-state index contributed by atoms with van der Waals surface area (Å²) < 4.78 is 13.4. The van der Waals surface area contributed by atoms with Crippen LogP contribution in [0.15, 0.2) is 0 Å². The van der Waals surface area contributed by atoms with E-state index in [1.165, 1.54) is 141 Å². The molecule has 0 aliphatic carbocycles. The number of rotatable bonds is 33. The Morgan fingerprint density at radius 2 is 0.808 bits per heavy atom. The molecule has 0 aromatic carbocycles. The highest BCUT2D eigenvalue weighted by Crippen LogP contribution is 2.37. The summed E-state index contributed by atoms with van der Waals surface area (Å²) >= 11 is 0. The van der Waals surface area contributed by atoms with E-state index in [-0.39, 0.29) is 11.9 Å². The number of nitrogens with zero attached hydrogens (tertiary/aromatic N) is 1. The minimum Gasteiger partial charge on any atom is -0.347 e. The molecule has 314 valence electrons. The van der Waals surface area contributed by atoms with Crippen LogP contribution in [-0.2, 0) is 9.47 Å². The zero-order valence-electron chi connectivity index (χ0n) is 38.5. The Kier molecular flexibility index (Phi) is 33.0. The third kappa shape index (κ3) is 31.1. The molecule has 0 radical (unpaired) electrons. The standard InChI is InChI=1S/C46H93NO2.C3H8/c1-38(2)21-15-13-12-14-16-23-40(5)25-19-29-43(8)31-34-46(48-37-45(49-46)33-36-47(10)11)35-32-44(9)30-20-28-42(7)27-18-26-41(6)24-17-22-39(3)4;1-3-2/h38-45H,12-37H2,1-11H3;3H2,1-2H3. The van der Waals surface area contributed by atoms with Crippen molar-refractivity contribution in [1.82, 2.24) is 4.90 Å². The fourth-order valence-electron chi connectivity index (χ4n) is 8.10. The lowest BCUT2D eigenvalue weighted by Gasteiger charge is -2.31. The van der Waals surface area contributed by atoms with Crippen molar-refractivity contribution in [2.75, 3.05) is 27.2 Å². The molecule has 52 heavy (non-hydrogen) atoms. The van der Waals surface area contributed by atoms with Gasteiger partial charge in [0.15, 0.2) is 5.79 Å². The van der Waals surface area contributed by atoms with Gasteiger partial charge in [-0.25, -0.2) is 0 Å². The summed E-state index contributed by atoms with van der Waals surface area (Å²) in [6.07, 6.45) is 33.9. The molecule has 0 aromatic heterocycles. The molecule has 0 amide bonds. The van der Waals surface area contributed by atoms with E-state index in [2.05, 4.69) is 95.2 Å². The van der Waals surface area contributed by atoms with Crippen molar-refractivity contribution >= 4 is 0 Å². The van der Waals surface area contributed by atoms with Crippen molar-refractivity contribution in [3.63, 3.8) is 0 Å². The minimum absolute atomic E-state index is 0.253. The van der Waals surface area contributed by atoms with Crippen LogP contribution in [-0.4, -0.2) is 44.0 Å². The van der Waals surface area contributed by atoms with E-state index >= 15 is 0 Å². The molecular weight excluding hydrogens is 635 g/mol. The van der Waals surface area contributed by atoms with Gasteiger partial charge < -0.3 is 14.4 Å². The number of hydrogen-bond acceptors (Lipinski definition) is 3. The first kappa shape index (κ1) is 51.9. The molecule has 1 aliphatic heterocycles. The average Bonchev–Trinajstić information content (AvgIpc) is 3.48. The predicted molar refractivity (Wildman–Crippen MR) is 234 cm³/mol. The topological polar surface area (TPSA) is 21.7 Å². The molecule has 3 heteroatoms. The maximum Gasteiger partial charge on any atom is 0.168 e. The molecule has 3 nitrogen and oxygen atoms in total. The van der Waals surface area contributed by atoms with E-state index in [0.29, 0.717) is 0 Å². The van der Waals surface area contributed by atoms with Gasteiger partial charge >= 0.3 is 0 Å². The van der Waals surface area contributed by atoms with Gasteiger partial charge in [0.25, 0.3) is 0 Å². The third-order valence-corrected chi connectivity index (χ3v) is 12.0. The summed E-state index contributed by atoms with van der Waals surface area (Å²) in [5, 5.41) is 0. The smallest absolute Gasteiger partial charge is 0.168 e. The van der Waals surface area contributed by atoms with Gasteiger partial charge in [0.05, 0.1) is 12.7 Å². The van der Waals surface area contributed by atoms with Crippen LogP contribution in [0.3, 0.4) is 0 Å². The van der Waals surface area contributed by atoms with Crippen molar-refractivity contribution in [2.45, 2.75) is 249 Å². The Morgan fingerprint density at radius 1 is 0.481 bits per heavy atom. The van der Waals surface area contributed by atoms with Crippen molar-refractivity contribution in [3.8, 4) is 0 Å². The molecule has 1 aliphatic rings. The average molecular weight is 736 g/mol. The zero-order chi connectivity index (χ0) is 39.2. The van der Waals surface area contributed by atoms with Crippen molar-refractivity contribution in [2.24, 2.45) is 41.4 Å². The molecule has 7 atom stereocenters. The normalized spacial score (nSPS) is 20.7. The highest BCUT2D eigenvalue weighted by Gasteiger charge is 2.41. The van der Waals surface area contributed by atoms with Gasteiger partial charge in [0.2, 0.25) is 0 Å². The molecule has 1 fully saturated rings. The van der Waals surface area contributed by atoms with Gasteiger partial charge in [-0.3, -0.25) is 0 Å². The summed E-state index contributed by atoms with van der Waals surface area (Å²) in [4.78, 5) is 2.28. The van der Waals surface area contributed by atoms with Crippen molar-refractivity contribution in [3.05, 3.63) is 0 Å². The van der Waals surface area contributed by atoms with Crippen LogP contribution in [0, 0.1) is 41.4 Å². The maximum absolute atomic E-state index is 6.83. The molecule has 7 unspecified atom stereocenters. The van der Waals surface area contributed by atoms with Crippen LogP contribution >= 0.6 is 0 Å². The molecule has 0 N–H and O–H groups in total. The Bertz CT molecular complexity index is 752. The van der Waals surface area contributed by atoms with Gasteiger partial charge in [-0.15, -0.1) is 0 Å². The van der Waals surface area contributed by atoms with Crippen LogP contribution in [0.2, 0.25) is 0 Å². The summed E-state index contributed by atoms with van der Waals surface area (Å²) in [6.45, 7) is 27.9. The highest BCUT2D eigenvalue weighted by atomic mass is 16.7. The van der Waals surface area contributed by atoms with Gasteiger partial charge in [-0.1, -0.05) is 205 Å². The molecule has 0 bridgehead atoms. The van der Waals surface area contributed by atoms with Crippen molar-refractivity contribution < 1.29 is 9.47 Å². The molecule has 1 rings (SSSR count). The van der Waals surface area contributed by atoms with E-state index in [9.17, 15) is 0 Å². The summed E-state index contributed by atoms with van der Waals surface area (Å²) in [7, 11) is 4.33. The molecule has 1 heterocycles. The van der Waals surface area contributed by atoms with E-state index in [4.69, 9.17) is 9.47 Å². The zero-order valence-corrected chi connectivity index (χ0v) is 38.5. The van der Waals surface area contributed by atoms with Crippen LogP contribution in [0.4, 0.5) is 0 Å². The SMILES string of the molecule is CC(C)CCCCCCCC(C)CCCC(C)CCC1(CCC(C)CCCC(C)CCCC(C)CCCC(C)C)OCC(CCN(C)C)O1.CCC. The van der Waals surface area contributed by atoms with Crippen molar-refractivity contribution in [1.29, 1.82) is 0 Å². The first-order valence-corrected chi connectivity index (χ1v) is 23.7. The van der Waals surface area contributed by atoms with E-state index in [0.717, 1.165) is 73.8 Å². The van der Waals surface area contributed by atoms with Crippen LogP contribution in [0.1, 0.15) is 237 Å². The molecule has 0 saturated carbocycles. The number of unbranched alkanes of at least 4 members (excludes halogenated alkanes) is 4. The first-order chi connectivity index (χ1) is 24.7. The molecule has 1 saturated heterocycles. The van der Waals surface area contributed by atoms with E-state index < -0.39 is 0 Å². The minimum atomic E-state index is -0.346. The summed E-state index contributed by atoms with van der Waals surface area (Å²) in [5.41, 5.74) is 0. The fraction of sp³-hybridized carbons (Fsp3) is 1.00. The lowest BCUT2D eigenvalue weighted by Crippen LogP contribution is -2.33. The summed E-state index contributed by atoms with van der Waals surface area (Å²) in [5.74, 6) is 5.53. The second-order valence-electron chi connectivity index (χ2n) is 19.7. The lowest BCUT2D eigenvalue weighted by atomic mass is 9.88. The Hall–Kier alpha value is -0.120. The van der Waals surface area contributed by atoms with Gasteiger partial charge in [0.1, 0.15) is 0 Å². The third-order valence-electron chi connectivity index (χ3n) is 12.0. The van der Waals surface area contributed by atoms with Gasteiger partial charge in [0, 0.05) is 19.4 Å². The van der Waals surface area contributed by atoms with E-state index in [1.54, 1.807) is 0 Å². The Balaban J connectivity index is 0.00000835. The predicted octanol–water partition coefficient (Wildman–Crippen LogP) is 15.9. The van der Waals surface area contributed by atoms with Crippen LogP contribution in [0.25, 0.3) is 0 Å². The maximum atomic E-state index is 6.83. The molecule has 0 aromatic rings. The van der Waals surface area contributed by atoms with E-state index in [1.807, 2.05) is 0 Å². The molecule has 0 spiro atoms. The second-order valence-corrected chi connectivity index (χ2v) is 19.7. The lowest BCUT2D eigenvalue weighted by molar-refractivity contribution is -0.182. The van der Waals surface area contributed by atoms with Gasteiger partial charge in [-0.05, 0) is 74.8 Å². The number of hydrogen-bond donors (Lipinski definition) is 0. The Labute approximate surface area is 330 Å². The fourth-order valence-corrected chi connectivity index (χ4v) is 8.10. The van der Waals surface area contributed by atoms with Gasteiger partial charge in [-0.2, -0.15) is 0 Å². The number of ether oxygens (including phenoxy) is 2. The Morgan fingerprint density at radius 3 is 1.21 bits per heavy atom. The van der Waals surface area contributed by atoms with Crippen LogP contribution < -0.4 is 0 Å². The molecular formula is C49H101NO2. The highest BCUT2D eigenvalue weighted by molar-refractivity contribution is 4.82. The quantitative estimate of drug-likeness (QED) is 0.0627. The summed E-state index contributed by atoms with van der Waals surface area (Å²) in [6, 6.07) is 0.